The first kappa shape index (κ1) is 10.4. The van der Waals surface area contributed by atoms with Gasteiger partial charge in [-0.2, -0.15) is 5.26 Å². The second-order valence-electron chi connectivity index (χ2n) is 2.45. The molecule has 0 spiro atoms. The molecule has 72 valence electrons. The first-order valence-electron chi connectivity index (χ1n) is 3.61. The molecule has 0 aliphatic heterocycles. The summed E-state index contributed by atoms with van der Waals surface area (Å²) in [5.41, 5.74) is 0.0663. The van der Waals surface area contributed by atoms with Gasteiger partial charge in [-0.1, -0.05) is 11.6 Å². The van der Waals surface area contributed by atoms with Crippen molar-refractivity contribution in [1.29, 1.82) is 5.26 Å². The van der Waals surface area contributed by atoms with E-state index in [9.17, 15) is 9.90 Å². The van der Waals surface area contributed by atoms with Crippen LogP contribution in [-0.2, 0) is 4.74 Å². The first-order chi connectivity index (χ1) is 6.60. The third-order valence-corrected chi connectivity index (χ3v) is 1.92. The number of aromatic hydroxyl groups is 1. The number of methoxy groups -OCH3 is 1. The summed E-state index contributed by atoms with van der Waals surface area (Å²) in [5.74, 6) is -0.945. The Balaban J connectivity index is 3.36. The second kappa shape index (κ2) is 3.99. The van der Waals surface area contributed by atoms with Gasteiger partial charge in [-0.05, 0) is 12.1 Å². The van der Waals surface area contributed by atoms with Crippen molar-refractivity contribution in [3.8, 4) is 11.8 Å². The highest BCUT2D eigenvalue weighted by Gasteiger charge is 2.14. The molecule has 0 bridgehead atoms. The van der Waals surface area contributed by atoms with Crippen LogP contribution in [0.4, 0.5) is 0 Å². The fraction of sp³-hybridized carbons (Fsp3) is 0.111. The van der Waals surface area contributed by atoms with Gasteiger partial charge in [0.05, 0.1) is 23.3 Å². The Morgan fingerprint density at radius 2 is 2.29 bits per heavy atom. The van der Waals surface area contributed by atoms with Crippen LogP contribution in [0.15, 0.2) is 12.1 Å². The van der Waals surface area contributed by atoms with Gasteiger partial charge in [0.15, 0.2) is 0 Å². The molecule has 1 aromatic carbocycles. The molecule has 4 nitrogen and oxygen atoms in total. The molecule has 1 N–H and O–H groups in total. The van der Waals surface area contributed by atoms with Crippen LogP contribution in [0.3, 0.4) is 0 Å². The molecular weight excluding hydrogens is 206 g/mol. The Morgan fingerprint density at radius 3 is 2.79 bits per heavy atom. The van der Waals surface area contributed by atoms with Gasteiger partial charge < -0.3 is 9.84 Å². The van der Waals surface area contributed by atoms with Crippen molar-refractivity contribution in [1.82, 2.24) is 0 Å². The first-order valence-corrected chi connectivity index (χ1v) is 3.99. The summed E-state index contributed by atoms with van der Waals surface area (Å²) in [6.07, 6.45) is 0. The van der Waals surface area contributed by atoms with Crippen molar-refractivity contribution < 1.29 is 14.6 Å². The molecule has 0 aliphatic rings. The number of rotatable bonds is 1. The lowest BCUT2D eigenvalue weighted by Gasteiger charge is -2.03. The quantitative estimate of drug-likeness (QED) is 0.718. The van der Waals surface area contributed by atoms with E-state index in [2.05, 4.69) is 4.74 Å². The Labute approximate surface area is 85.3 Å². The molecule has 0 atom stereocenters. The predicted molar refractivity (Wildman–Crippen MR) is 49.2 cm³/mol. The van der Waals surface area contributed by atoms with Gasteiger partial charge >= 0.3 is 5.97 Å². The fourth-order valence-electron chi connectivity index (χ4n) is 0.933. The molecule has 1 aromatic rings. The highest BCUT2D eigenvalue weighted by Crippen LogP contribution is 2.27. The fourth-order valence-corrected chi connectivity index (χ4v) is 1.10. The SMILES string of the molecule is COC(=O)c1cc(O)c(Cl)cc1C#N. The zero-order valence-corrected chi connectivity index (χ0v) is 8.00. The van der Waals surface area contributed by atoms with Gasteiger partial charge in [0, 0.05) is 0 Å². The summed E-state index contributed by atoms with van der Waals surface area (Å²) in [6.45, 7) is 0. The summed E-state index contributed by atoms with van der Waals surface area (Å²) in [5, 5.41) is 17.9. The molecule has 0 radical (unpaired) electrons. The molecule has 0 saturated heterocycles. The Kier molecular flexibility index (Phi) is 2.95. The lowest BCUT2D eigenvalue weighted by molar-refractivity contribution is 0.0600. The third kappa shape index (κ3) is 1.78. The van der Waals surface area contributed by atoms with E-state index >= 15 is 0 Å². The molecule has 0 saturated carbocycles. The largest absolute Gasteiger partial charge is 0.506 e. The van der Waals surface area contributed by atoms with Crippen LogP contribution in [0.25, 0.3) is 0 Å². The van der Waals surface area contributed by atoms with Crippen molar-refractivity contribution >= 4 is 17.6 Å². The normalized spacial score (nSPS) is 9.21. The molecule has 14 heavy (non-hydrogen) atoms. The number of nitrogens with zero attached hydrogens (tertiary/aromatic N) is 1. The maximum absolute atomic E-state index is 11.1. The maximum Gasteiger partial charge on any atom is 0.339 e. The summed E-state index contributed by atoms with van der Waals surface area (Å²) in [6, 6.07) is 4.10. The predicted octanol–water partition coefficient (Wildman–Crippen LogP) is 1.70. The molecular formula is C9H6ClNO3. The molecule has 0 aromatic heterocycles. The second-order valence-corrected chi connectivity index (χ2v) is 2.86. The van der Waals surface area contributed by atoms with E-state index in [-0.39, 0.29) is 21.9 Å². The molecule has 1 rings (SSSR count). The van der Waals surface area contributed by atoms with Crippen LogP contribution in [0.5, 0.6) is 5.75 Å². The minimum absolute atomic E-state index is 0.00287. The summed E-state index contributed by atoms with van der Waals surface area (Å²) in [4.78, 5) is 11.1. The Hall–Kier alpha value is -1.73. The van der Waals surface area contributed by atoms with Crippen molar-refractivity contribution in [2.75, 3.05) is 7.11 Å². The number of carbonyl (C=O) groups excluding carboxylic acids is 1. The minimum Gasteiger partial charge on any atom is -0.506 e. The van der Waals surface area contributed by atoms with Crippen LogP contribution in [0.1, 0.15) is 15.9 Å². The van der Waals surface area contributed by atoms with Crippen molar-refractivity contribution in [2.45, 2.75) is 0 Å². The van der Waals surface area contributed by atoms with Crippen LogP contribution in [0.2, 0.25) is 5.02 Å². The van der Waals surface area contributed by atoms with Gasteiger partial charge in [0.2, 0.25) is 0 Å². The number of hydrogen-bond donors (Lipinski definition) is 1. The van der Waals surface area contributed by atoms with Gasteiger partial charge in [0.1, 0.15) is 11.8 Å². The van der Waals surface area contributed by atoms with Gasteiger partial charge in [0.25, 0.3) is 0 Å². The zero-order chi connectivity index (χ0) is 10.7. The molecule has 0 heterocycles. The average Bonchev–Trinajstić information content (AvgIpc) is 2.20. The lowest BCUT2D eigenvalue weighted by Crippen LogP contribution is -2.03. The number of nitriles is 1. The average molecular weight is 212 g/mol. The zero-order valence-electron chi connectivity index (χ0n) is 7.24. The van der Waals surface area contributed by atoms with E-state index in [4.69, 9.17) is 16.9 Å². The number of halogens is 1. The Bertz CT molecular complexity index is 423. The molecule has 0 unspecified atom stereocenters. The van der Waals surface area contributed by atoms with Crippen molar-refractivity contribution in [2.24, 2.45) is 0 Å². The topological polar surface area (TPSA) is 70.3 Å². The lowest BCUT2D eigenvalue weighted by atomic mass is 10.1. The summed E-state index contributed by atoms with van der Waals surface area (Å²) >= 11 is 5.56. The number of esters is 1. The van der Waals surface area contributed by atoms with E-state index in [0.717, 1.165) is 6.07 Å². The standard InChI is InChI=1S/C9H6ClNO3/c1-14-9(13)6-3-8(12)7(10)2-5(6)4-11/h2-3,12H,1H3. The number of benzene rings is 1. The highest BCUT2D eigenvalue weighted by atomic mass is 35.5. The van der Waals surface area contributed by atoms with Crippen LogP contribution in [0, 0.1) is 11.3 Å². The highest BCUT2D eigenvalue weighted by molar-refractivity contribution is 6.32. The van der Waals surface area contributed by atoms with Crippen LogP contribution < -0.4 is 0 Å². The van der Waals surface area contributed by atoms with E-state index in [0.29, 0.717) is 0 Å². The number of hydrogen-bond acceptors (Lipinski definition) is 4. The van der Waals surface area contributed by atoms with E-state index < -0.39 is 5.97 Å². The monoisotopic (exact) mass is 211 g/mol. The number of phenolic OH excluding ortho intramolecular Hbond substituents is 1. The number of ether oxygens (including phenoxy) is 1. The van der Waals surface area contributed by atoms with Gasteiger partial charge in [-0.15, -0.1) is 0 Å². The summed E-state index contributed by atoms with van der Waals surface area (Å²) in [7, 11) is 1.19. The van der Waals surface area contributed by atoms with E-state index in [1.807, 2.05) is 0 Å². The minimum atomic E-state index is -0.687. The molecule has 0 amide bonds. The van der Waals surface area contributed by atoms with E-state index in [1.54, 1.807) is 6.07 Å². The number of phenols is 1. The van der Waals surface area contributed by atoms with Crippen LogP contribution in [-0.4, -0.2) is 18.2 Å². The maximum atomic E-state index is 11.1. The van der Waals surface area contributed by atoms with E-state index in [1.165, 1.54) is 13.2 Å². The molecule has 0 aliphatic carbocycles. The van der Waals surface area contributed by atoms with Crippen molar-refractivity contribution in [3.63, 3.8) is 0 Å². The van der Waals surface area contributed by atoms with Crippen molar-refractivity contribution in [3.05, 3.63) is 28.3 Å². The summed E-state index contributed by atoms with van der Waals surface area (Å²) < 4.78 is 4.43. The molecule has 0 fully saturated rings. The number of carbonyl (C=O) groups is 1. The van der Waals surface area contributed by atoms with Gasteiger partial charge in [-0.25, -0.2) is 4.79 Å². The van der Waals surface area contributed by atoms with Crippen LogP contribution >= 0.6 is 11.6 Å². The molecule has 5 heteroatoms. The smallest absolute Gasteiger partial charge is 0.339 e. The van der Waals surface area contributed by atoms with Gasteiger partial charge in [-0.3, -0.25) is 0 Å². The Morgan fingerprint density at radius 1 is 1.64 bits per heavy atom. The third-order valence-electron chi connectivity index (χ3n) is 1.61.